The summed E-state index contributed by atoms with van der Waals surface area (Å²) in [7, 11) is 0. The van der Waals surface area contributed by atoms with Crippen LogP contribution in [0, 0.1) is 23.2 Å². The number of aromatic nitrogens is 1. The van der Waals surface area contributed by atoms with E-state index < -0.39 is 0 Å². The Morgan fingerprint density at radius 3 is 3.19 bits per heavy atom. The van der Waals surface area contributed by atoms with Crippen LogP contribution in [0.25, 0.3) is 5.57 Å². The normalized spacial score (nSPS) is 27.3. The Kier molecular flexibility index (Phi) is 2.23. The van der Waals surface area contributed by atoms with Crippen molar-refractivity contribution in [3.8, 4) is 6.07 Å². The average Bonchev–Trinajstić information content (AvgIpc) is 2.90. The number of nitriles is 1. The summed E-state index contributed by atoms with van der Waals surface area (Å²) in [4.78, 5) is 4.13. The van der Waals surface area contributed by atoms with Crippen LogP contribution in [0.2, 0.25) is 0 Å². The van der Waals surface area contributed by atoms with Crippen molar-refractivity contribution >= 4 is 5.57 Å². The van der Waals surface area contributed by atoms with Gasteiger partial charge in [0.1, 0.15) is 6.07 Å². The summed E-state index contributed by atoms with van der Waals surface area (Å²) in [6, 6.07) is 4.09. The molecule has 2 aliphatic rings. The Bertz CT molecular complexity index is 484. The fourth-order valence-electron chi connectivity index (χ4n) is 2.77. The Morgan fingerprint density at radius 2 is 2.31 bits per heavy atom. The Balaban J connectivity index is 1.95. The van der Waals surface area contributed by atoms with Crippen LogP contribution in [0.5, 0.6) is 0 Å². The molecule has 1 aliphatic heterocycles. The Hall–Kier alpha value is -1.66. The van der Waals surface area contributed by atoms with Crippen LogP contribution < -0.4 is 5.32 Å². The average molecular weight is 211 g/mol. The second-order valence-electron chi connectivity index (χ2n) is 4.49. The van der Waals surface area contributed by atoms with Gasteiger partial charge in [0.05, 0.1) is 5.56 Å². The maximum absolute atomic E-state index is 8.87. The number of allylic oxidation sites excluding steroid dienone is 1. The summed E-state index contributed by atoms with van der Waals surface area (Å²) in [6.07, 6.45) is 6.95. The van der Waals surface area contributed by atoms with Gasteiger partial charge in [-0.25, -0.2) is 0 Å². The van der Waals surface area contributed by atoms with E-state index in [1.165, 1.54) is 5.57 Å². The van der Waals surface area contributed by atoms with Gasteiger partial charge in [0.15, 0.2) is 0 Å². The summed E-state index contributed by atoms with van der Waals surface area (Å²) in [5.41, 5.74) is 3.14. The number of fused-ring (bicyclic) bond motifs is 1. The SMILES string of the molecule is N#Cc1cncc(C2=CC[C@H]3CNC[C@@H]23)c1. The minimum absolute atomic E-state index is 0.621. The smallest absolute Gasteiger partial charge is 0.101 e. The molecule has 1 N–H and O–H groups in total. The molecular formula is C13H13N3. The number of hydrogen-bond acceptors (Lipinski definition) is 3. The molecular weight excluding hydrogens is 198 g/mol. The van der Waals surface area contributed by atoms with Gasteiger partial charge in [-0.3, -0.25) is 4.98 Å². The first-order chi connectivity index (χ1) is 7.88. The lowest BCUT2D eigenvalue weighted by Gasteiger charge is -2.13. The van der Waals surface area contributed by atoms with Crippen LogP contribution in [-0.4, -0.2) is 18.1 Å². The molecule has 1 saturated heterocycles. The van der Waals surface area contributed by atoms with E-state index in [4.69, 9.17) is 5.26 Å². The van der Waals surface area contributed by atoms with E-state index in [1.54, 1.807) is 6.20 Å². The van der Waals surface area contributed by atoms with Crippen molar-refractivity contribution in [3.63, 3.8) is 0 Å². The second-order valence-corrected chi connectivity index (χ2v) is 4.49. The predicted molar refractivity (Wildman–Crippen MR) is 61.4 cm³/mol. The van der Waals surface area contributed by atoms with E-state index >= 15 is 0 Å². The maximum Gasteiger partial charge on any atom is 0.101 e. The predicted octanol–water partition coefficient (Wildman–Crippen LogP) is 1.58. The molecule has 0 spiro atoms. The Morgan fingerprint density at radius 1 is 1.38 bits per heavy atom. The second kappa shape index (κ2) is 3.73. The zero-order valence-electron chi connectivity index (χ0n) is 8.98. The van der Waals surface area contributed by atoms with Crippen LogP contribution in [0.15, 0.2) is 24.5 Å². The van der Waals surface area contributed by atoms with Gasteiger partial charge in [-0.1, -0.05) is 6.08 Å². The highest BCUT2D eigenvalue weighted by molar-refractivity contribution is 5.70. The molecule has 1 aliphatic carbocycles. The highest BCUT2D eigenvalue weighted by Gasteiger charge is 2.34. The monoisotopic (exact) mass is 211 g/mol. The fourth-order valence-corrected chi connectivity index (χ4v) is 2.77. The number of nitrogens with zero attached hydrogens (tertiary/aromatic N) is 2. The molecule has 16 heavy (non-hydrogen) atoms. The van der Waals surface area contributed by atoms with E-state index in [9.17, 15) is 0 Å². The zero-order chi connectivity index (χ0) is 11.0. The van der Waals surface area contributed by atoms with Gasteiger partial charge < -0.3 is 5.32 Å². The molecule has 2 heterocycles. The van der Waals surface area contributed by atoms with Crippen LogP contribution >= 0.6 is 0 Å². The van der Waals surface area contributed by atoms with E-state index in [0.717, 1.165) is 31.0 Å². The van der Waals surface area contributed by atoms with Crippen LogP contribution in [0.4, 0.5) is 0 Å². The van der Waals surface area contributed by atoms with Crippen molar-refractivity contribution in [2.75, 3.05) is 13.1 Å². The van der Waals surface area contributed by atoms with Gasteiger partial charge in [-0.05, 0) is 36.1 Å². The molecule has 3 heteroatoms. The zero-order valence-corrected chi connectivity index (χ0v) is 8.98. The standard InChI is InChI=1S/C13H13N3/c14-4-9-3-11(7-15-5-9)12-2-1-10-6-16-8-13(10)12/h2-3,5,7,10,13,16H,1,6,8H2/t10-,13+/m0/s1. The lowest BCUT2D eigenvalue weighted by Crippen LogP contribution is -2.10. The fraction of sp³-hybridized carbons (Fsp3) is 0.385. The van der Waals surface area contributed by atoms with Crippen LogP contribution in [-0.2, 0) is 0 Å². The summed E-state index contributed by atoms with van der Waals surface area (Å²) in [5.74, 6) is 1.37. The number of nitrogens with one attached hydrogen (secondary N) is 1. The minimum atomic E-state index is 0.621. The van der Waals surface area contributed by atoms with E-state index in [2.05, 4.69) is 22.4 Å². The van der Waals surface area contributed by atoms with Gasteiger partial charge in [0.25, 0.3) is 0 Å². The molecule has 0 bridgehead atoms. The van der Waals surface area contributed by atoms with Crippen molar-refractivity contribution in [2.45, 2.75) is 6.42 Å². The summed E-state index contributed by atoms with van der Waals surface area (Å²) in [6.45, 7) is 2.18. The summed E-state index contributed by atoms with van der Waals surface area (Å²) in [5, 5.41) is 12.3. The third-order valence-electron chi connectivity index (χ3n) is 3.58. The molecule has 3 nitrogen and oxygen atoms in total. The van der Waals surface area contributed by atoms with Crippen LogP contribution in [0.1, 0.15) is 17.5 Å². The highest BCUT2D eigenvalue weighted by atomic mass is 14.9. The van der Waals surface area contributed by atoms with Crippen molar-refractivity contribution in [3.05, 3.63) is 35.7 Å². The van der Waals surface area contributed by atoms with Crippen LogP contribution in [0.3, 0.4) is 0 Å². The van der Waals surface area contributed by atoms with Gasteiger partial charge in [0, 0.05) is 24.9 Å². The molecule has 0 aromatic carbocycles. The van der Waals surface area contributed by atoms with Crippen molar-refractivity contribution < 1.29 is 0 Å². The molecule has 0 amide bonds. The Labute approximate surface area is 94.8 Å². The highest BCUT2D eigenvalue weighted by Crippen LogP contribution is 2.39. The largest absolute Gasteiger partial charge is 0.316 e. The summed E-state index contributed by atoms with van der Waals surface area (Å²) >= 11 is 0. The van der Waals surface area contributed by atoms with Crippen molar-refractivity contribution in [2.24, 2.45) is 11.8 Å². The maximum atomic E-state index is 8.87. The minimum Gasteiger partial charge on any atom is -0.316 e. The molecule has 3 rings (SSSR count). The third-order valence-corrected chi connectivity index (χ3v) is 3.58. The van der Waals surface area contributed by atoms with Gasteiger partial charge >= 0.3 is 0 Å². The van der Waals surface area contributed by atoms with Gasteiger partial charge in [-0.2, -0.15) is 5.26 Å². The topological polar surface area (TPSA) is 48.7 Å². The number of rotatable bonds is 1. The molecule has 2 atom stereocenters. The quantitative estimate of drug-likeness (QED) is 0.767. The van der Waals surface area contributed by atoms with E-state index in [1.807, 2.05) is 12.3 Å². The van der Waals surface area contributed by atoms with E-state index in [-0.39, 0.29) is 0 Å². The first-order valence-corrected chi connectivity index (χ1v) is 5.65. The lowest BCUT2D eigenvalue weighted by atomic mass is 9.91. The summed E-state index contributed by atoms with van der Waals surface area (Å²) < 4.78 is 0. The van der Waals surface area contributed by atoms with Gasteiger partial charge in [0.2, 0.25) is 0 Å². The van der Waals surface area contributed by atoms with Gasteiger partial charge in [-0.15, -0.1) is 0 Å². The van der Waals surface area contributed by atoms with Crippen molar-refractivity contribution in [1.29, 1.82) is 5.26 Å². The van der Waals surface area contributed by atoms with E-state index in [0.29, 0.717) is 11.5 Å². The number of hydrogen-bond donors (Lipinski definition) is 1. The molecule has 1 aromatic rings. The molecule has 0 unspecified atom stereocenters. The lowest BCUT2D eigenvalue weighted by molar-refractivity contribution is 0.542. The number of pyridine rings is 1. The molecule has 80 valence electrons. The molecule has 1 fully saturated rings. The first-order valence-electron chi connectivity index (χ1n) is 5.65. The third kappa shape index (κ3) is 1.43. The molecule has 0 saturated carbocycles. The molecule has 0 radical (unpaired) electrons. The first kappa shape index (κ1) is 9.56. The van der Waals surface area contributed by atoms with Crippen molar-refractivity contribution in [1.82, 2.24) is 10.3 Å². The molecule has 1 aromatic heterocycles.